The van der Waals surface area contributed by atoms with Crippen LogP contribution in [0.5, 0.6) is 5.75 Å². The zero-order valence-electron chi connectivity index (χ0n) is 18.9. The van der Waals surface area contributed by atoms with Gasteiger partial charge in [-0.1, -0.05) is 26.0 Å². The molecule has 34 heavy (non-hydrogen) atoms. The number of hydrogen-bond acceptors (Lipinski definition) is 8. The zero-order valence-corrected chi connectivity index (χ0v) is 19.7. The van der Waals surface area contributed by atoms with E-state index in [0.29, 0.717) is 23.8 Å². The van der Waals surface area contributed by atoms with Gasteiger partial charge in [0.15, 0.2) is 5.69 Å². The maximum Gasteiger partial charge on any atom is 0.270 e. The van der Waals surface area contributed by atoms with Crippen LogP contribution in [0.15, 0.2) is 47.1 Å². The Morgan fingerprint density at radius 1 is 1.21 bits per heavy atom. The first-order valence-electron chi connectivity index (χ1n) is 10.6. The minimum atomic E-state index is -1.08. The summed E-state index contributed by atoms with van der Waals surface area (Å²) < 4.78 is 9.35. The Hall–Kier alpha value is -3.86. The summed E-state index contributed by atoms with van der Waals surface area (Å²) in [5.41, 5.74) is 11.4. The molecule has 2 aromatic heterocycles. The lowest BCUT2D eigenvalue weighted by atomic mass is 10.0. The van der Waals surface area contributed by atoms with Crippen LogP contribution in [0.25, 0.3) is 0 Å². The molecule has 3 amide bonds. The zero-order chi connectivity index (χ0) is 24.8. The first-order chi connectivity index (χ1) is 16.2. The van der Waals surface area contributed by atoms with Crippen molar-refractivity contribution < 1.29 is 23.9 Å². The smallest absolute Gasteiger partial charge is 0.270 e. The highest BCUT2D eigenvalue weighted by molar-refractivity contribution is 7.09. The summed E-state index contributed by atoms with van der Waals surface area (Å²) in [6.45, 7) is 4.44. The summed E-state index contributed by atoms with van der Waals surface area (Å²) in [4.78, 5) is 40.0. The maximum atomic E-state index is 13.7. The molecule has 1 atom stereocenters. The number of nitrogens with one attached hydrogen (secondary N) is 1. The fourth-order valence-corrected chi connectivity index (χ4v) is 4.08. The van der Waals surface area contributed by atoms with Crippen LogP contribution in [0.3, 0.4) is 0 Å². The molecule has 0 bridgehead atoms. The number of aromatic nitrogens is 1. The van der Waals surface area contributed by atoms with Crippen LogP contribution in [0.4, 0.5) is 5.69 Å². The number of phenolic OH excluding ortho intramolecular Hbond substituents is 1. The normalized spacial score (nSPS) is 11.9. The average molecular weight is 486 g/mol. The third kappa shape index (κ3) is 5.73. The first-order valence-corrected chi connectivity index (χ1v) is 11.4. The van der Waals surface area contributed by atoms with Crippen molar-refractivity contribution in [2.45, 2.75) is 32.9 Å². The van der Waals surface area contributed by atoms with E-state index in [2.05, 4.69) is 9.69 Å². The van der Waals surface area contributed by atoms with Crippen molar-refractivity contribution in [3.8, 4) is 5.75 Å². The summed E-state index contributed by atoms with van der Waals surface area (Å²) in [6, 6.07) is 8.27. The van der Waals surface area contributed by atoms with Crippen molar-refractivity contribution in [3.63, 3.8) is 0 Å². The Bertz CT molecular complexity index is 1140. The molecule has 0 radical (unpaired) electrons. The molecule has 0 saturated carbocycles. The van der Waals surface area contributed by atoms with E-state index in [1.165, 1.54) is 23.3 Å². The van der Waals surface area contributed by atoms with E-state index in [4.69, 9.17) is 15.9 Å². The molecule has 0 spiro atoms. The molecule has 0 aliphatic rings. The minimum absolute atomic E-state index is 0.0147. The molecule has 0 fully saturated rings. The summed E-state index contributed by atoms with van der Waals surface area (Å²) in [7, 11) is 0. The molecule has 3 aromatic rings. The second-order valence-corrected chi connectivity index (χ2v) is 8.89. The van der Waals surface area contributed by atoms with Crippen molar-refractivity contribution >= 4 is 34.9 Å². The highest BCUT2D eigenvalue weighted by atomic mass is 32.1. The third-order valence-electron chi connectivity index (χ3n) is 5.11. The molecule has 180 valence electrons. The number of nitrogens with zero attached hydrogens (tertiary/aromatic N) is 2. The van der Waals surface area contributed by atoms with Crippen LogP contribution in [0.2, 0.25) is 0 Å². The molecule has 10 nitrogen and oxygen atoms in total. The van der Waals surface area contributed by atoms with E-state index in [1.807, 2.05) is 13.8 Å². The predicted octanol–water partition coefficient (Wildman–Crippen LogP) is 2.67. The Morgan fingerprint density at radius 2 is 1.91 bits per heavy atom. The number of phenols is 1. The first kappa shape index (κ1) is 24.8. The van der Waals surface area contributed by atoms with E-state index < -0.39 is 23.8 Å². The second-order valence-electron chi connectivity index (χ2n) is 8.12. The number of carbonyl (C=O) groups excluding carboxylic acids is 3. The molecule has 0 saturated heterocycles. The van der Waals surface area contributed by atoms with Crippen molar-refractivity contribution in [2.75, 3.05) is 12.3 Å². The molecule has 3 rings (SSSR count). The number of nitrogen functional groups attached to an aromatic ring is 1. The van der Waals surface area contributed by atoms with Crippen LogP contribution in [0.1, 0.15) is 57.8 Å². The average Bonchev–Trinajstić information content (AvgIpc) is 3.43. The maximum absolute atomic E-state index is 13.7. The van der Waals surface area contributed by atoms with Crippen LogP contribution in [-0.2, 0) is 11.3 Å². The monoisotopic (exact) mass is 485 g/mol. The quantitative estimate of drug-likeness (QED) is 0.343. The topological polar surface area (TPSA) is 165 Å². The minimum Gasteiger partial charge on any atom is -0.508 e. The fraction of sp³-hybridized carbons (Fsp3) is 0.304. The molecule has 0 aliphatic heterocycles. The molecule has 1 aromatic carbocycles. The van der Waals surface area contributed by atoms with Gasteiger partial charge in [0, 0.05) is 6.54 Å². The largest absolute Gasteiger partial charge is 0.508 e. The predicted molar refractivity (Wildman–Crippen MR) is 127 cm³/mol. The highest BCUT2D eigenvalue weighted by Gasteiger charge is 2.35. The number of aromatic hydroxyl groups is 1. The second kappa shape index (κ2) is 10.8. The van der Waals surface area contributed by atoms with Gasteiger partial charge in [-0.2, -0.15) is 4.37 Å². The van der Waals surface area contributed by atoms with Gasteiger partial charge >= 0.3 is 0 Å². The number of rotatable bonds is 10. The Kier molecular flexibility index (Phi) is 7.90. The van der Waals surface area contributed by atoms with Gasteiger partial charge in [-0.05, 0) is 53.7 Å². The SMILES string of the molecule is CC(C)CCNC(=O)C(c1ccc(O)cc1)N(Cc1ccco1)C(=O)c1snc(C(N)=O)c1N. The van der Waals surface area contributed by atoms with Crippen molar-refractivity contribution in [3.05, 3.63) is 64.6 Å². The van der Waals surface area contributed by atoms with Gasteiger partial charge in [0.25, 0.3) is 11.8 Å². The van der Waals surface area contributed by atoms with Gasteiger partial charge in [0.05, 0.1) is 18.5 Å². The Morgan fingerprint density at radius 3 is 2.47 bits per heavy atom. The highest BCUT2D eigenvalue weighted by Crippen LogP contribution is 2.31. The standard InChI is InChI=1S/C23H27N5O5S/c1-13(2)9-10-26-22(31)19(14-5-7-15(29)8-6-14)28(12-16-4-3-11-33-16)23(32)20-17(24)18(21(25)30)27-34-20/h3-8,11,13,19,29H,9-10,12,24H2,1-2H3,(H2,25,30)(H,26,31). The van der Waals surface area contributed by atoms with Gasteiger partial charge in [0.2, 0.25) is 5.91 Å². The van der Waals surface area contributed by atoms with Crippen LogP contribution < -0.4 is 16.8 Å². The number of carbonyl (C=O) groups is 3. The molecule has 6 N–H and O–H groups in total. The summed E-state index contributed by atoms with van der Waals surface area (Å²) in [6.07, 6.45) is 2.21. The Labute approximate surface area is 200 Å². The number of hydrogen-bond donors (Lipinski definition) is 4. The number of benzene rings is 1. The lowest BCUT2D eigenvalue weighted by molar-refractivity contribution is -0.126. The lowest BCUT2D eigenvalue weighted by Gasteiger charge is -2.30. The molecule has 11 heteroatoms. The van der Waals surface area contributed by atoms with Crippen molar-refractivity contribution in [1.29, 1.82) is 0 Å². The van der Waals surface area contributed by atoms with Gasteiger partial charge < -0.3 is 31.2 Å². The fourth-order valence-electron chi connectivity index (χ4n) is 3.32. The number of primary amides is 1. The summed E-state index contributed by atoms with van der Waals surface area (Å²) in [5, 5.41) is 12.6. The van der Waals surface area contributed by atoms with E-state index in [-0.39, 0.29) is 28.6 Å². The van der Waals surface area contributed by atoms with E-state index in [1.54, 1.807) is 24.3 Å². The van der Waals surface area contributed by atoms with E-state index >= 15 is 0 Å². The number of furan rings is 1. The third-order valence-corrected chi connectivity index (χ3v) is 5.96. The lowest BCUT2D eigenvalue weighted by Crippen LogP contribution is -2.43. The molecule has 2 heterocycles. The van der Waals surface area contributed by atoms with Crippen LogP contribution in [-0.4, -0.2) is 38.6 Å². The molecule has 1 unspecified atom stereocenters. The summed E-state index contributed by atoms with van der Waals surface area (Å²) in [5.74, 6) is -1.06. The van der Waals surface area contributed by atoms with Crippen molar-refractivity contribution in [1.82, 2.24) is 14.6 Å². The van der Waals surface area contributed by atoms with E-state index in [9.17, 15) is 19.5 Å². The number of amides is 3. The van der Waals surface area contributed by atoms with E-state index in [0.717, 1.165) is 18.0 Å². The molecule has 0 aliphatic carbocycles. The Balaban J connectivity index is 2.05. The van der Waals surface area contributed by atoms with Crippen molar-refractivity contribution in [2.24, 2.45) is 11.7 Å². The molecular weight excluding hydrogens is 458 g/mol. The molecular formula is C23H27N5O5S. The van der Waals surface area contributed by atoms with Gasteiger partial charge in [0.1, 0.15) is 22.4 Å². The van der Waals surface area contributed by atoms with Gasteiger partial charge in [-0.3, -0.25) is 14.4 Å². The van der Waals surface area contributed by atoms with Gasteiger partial charge in [-0.25, -0.2) is 0 Å². The summed E-state index contributed by atoms with van der Waals surface area (Å²) >= 11 is 0.733. The van der Waals surface area contributed by atoms with Crippen LogP contribution in [0, 0.1) is 5.92 Å². The van der Waals surface area contributed by atoms with Crippen LogP contribution >= 0.6 is 11.5 Å². The number of anilines is 1. The van der Waals surface area contributed by atoms with Gasteiger partial charge in [-0.15, -0.1) is 0 Å². The number of nitrogens with two attached hydrogens (primary N) is 2.